The van der Waals surface area contributed by atoms with E-state index in [1.807, 2.05) is 6.20 Å². The largest absolute Gasteiger partial charge is 0.294 e. The lowest BCUT2D eigenvalue weighted by atomic mass is 10.1. The van der Waals surface area contributed by atoms with Gasteiger partial charge in [0.15, 0.2) is 0 Å². The summed E-state index contributed by atoms with van der Waals surface area (Å²) in [6.07, 6.45) is 4.43. The van der Waals surface area contributed by atoms with Crippen LogP contribution < -0.4 is 0 Å². The van der Waals surface area contributed by atoms with E-state index in [1.165, 1.54) is 29.8 Å². The summed E-state index contributed by atoms with van der Waals surface area (Å²) in [5, 5.41) is 1.15. The summed E-state index contributed by atoms with van der Waals surface area (Å²) in [6.45, 7) is 5.78. The highest BCUT2D eigenvalue weighted by Gasteiger charge is 2.29. The Morgan fingerprint density at radius 2 is 1.95 bits per heavy atom. The minimum atomic E-state index is 0.518. The van der Waals surface area contributed by atoms with Gasteiger partial charge in [-0.05, 0) is 51.4 Å². The molecule has 110 valence electrons. The fourth-order valence-electron chi connectivity index (χ4n) is 3.08. The first-order chi connectivity index (χ1) is 10.3. The summed E-state index contributed by atoms with van der Waals surface area (Å²) in [5.74, 6) is 0. The number of nitrogens with zero attached hydrogens (tertiary/aromatic N) is 2. The van der Waals surface area contributed by atoms with Gasteiger partial charge in [-0.1, -0.05) is 36.0 Å². The van der Waals surface area contributed by atoms with Gasteiger partial charge in [-0.15, -0.1) is 0 Å². The zero-order valence-corrected chi connectivity index (χ0v) is 13.5. The second-order valence-corrected chi connectivity index (χ2v) is 6.86. The van der Waals surface area contributed by atoms with Gasteiger partial charge in [0.1, 0.15) is 5.03 Å². The Balaban J connectivity index is 1.89. The first-order valence-electron chi connectivity index (χ1n) is 7.69. The van der Waals surface area contributed by atoms with Crippen LogP contribution in [0, 0.1) is 0 Å². The molecule has 1 aromatic heterocycles. The lowest BCUT2D eigenvalue weighted by Gasteiger charge is -2.29. The second kappa shape index (κ2) is 6.63. The number of hydrogen-bond donors (Lipinski definition) is 0. The van der Waals surface area contributed by atoms with Crippen LogP contribution in [0.4, 0.5) is 0 Å². The summed E-state index contributed by atoms with van der Waals surface area (Å²) in [4.78, 5) is 8.51. The molecule has 0 bridgehead atoms. The Morgan fingerprint density at radius 3 is 2.71 bits per heavy atom. The molecule has 0 amide bonds. The topological polar surface area (TPSA) is 16.1 Å². The normalized spacial score (nSPS) is 19.3. The van der Waals surface area contributed by atoms with Crippen molar-refractivity contribution < 1.29 is 0 Å². The van der Waals surface area contributed by atoms with E-state index >= 15 is 0 Å². The fourth-order valence-corrected chi connectivity index (χ4v) is 4.04. The smallest absolute Gasteiger partial charge is 0.105 e. The van der Waals surface area contributed by atoms with Crippen LogP contribution in [-0.4, -0.2) is 22.5 Å². The molecule has 1 fully saturated rings. The minimum absolute atomic E-state index is 0.518. The second-order valence-electron chi connectivity index (χ2n) is 5.80. The molecule has 0 radical (unpaired) electrons. The van der Waals surface area contributed by atoms with Crippen molar-refractivity contribution in [2.75, 3.05) is 6.54 Å². The van der Waals surface area contributed by atoms with Gasteiger partial charge in [0, 0.05) is 28.7 Å². The quantitative estimate of drug-likeness (QED) is 0.808. The number of benzene rings is 1. The predicted molar refractivity (Wildman–Crippen MR) is 88.6 cm³/mol. The molecule has 3 heteroatoms. The van der Waals surface area contributed by atoms with Crippen molar-refractivity contribution in [2.45, 2.75) is 48.7 Å². The standard InChI is InChI=1S/C18H22N2S/c1-14(2)20-13-7-11-17(20)16-10-6-12-19-18(16)21-15-8-4-3-5-9-15/h3-6,8-10,12,14,17H,7,11,13H2,1-2H3/t17-/m0/s1. The molecule has 2 aromatic rings. The average molecular weight is 298 g/mol. The van der Waals surface area contributed by atoms with Crippen molar-refractivity contribution >= 4 is 11.8 Å². The van der Waals surface area contributed by atoms with Crippen LogP contribution in [-0.2, 0) is 0 Å². The van der Waals surface area contributed by atoms with Gasteiger partial charge >= 0.3 is 0 Å². The maximum atomic E-state index is 4.65. The van der Waals surface area contributed by atoms with E-state index in [0.29, 0.717) is 12.1 Å². The third-order valence-electron chi connectivity index (χ3n) is 4.07. The highest BCUT2D eigenvalue weighted by molar-refractivity contribution is 7.99. The first kappa shape index (κ1) is 14.6. The van der Waals surface area contributed by atoms with E-state index in [-0.39, 0.29) is 0 Å². The van der Waals surface area contributed by atoms with Crippen LogP contribution in [0.1, 0.15) is 38.3 Å². The maximum Gasteiger partial charge on any atom is 0.105 e. The highest BCUT2D eigenvalue weighted by atomic mass is 32.2. The van der Waals surface area contributed by atoms with E-state index in [9.17, 15) is 0 Å². The van der Waals surface area contributed by atoms with Crippen molar-refractivity contribution in [2.24, 2.45) is 0 Å². The van der Waals surface area contributed by atoms with Crippen molar-refractivity contribution in [1.82, 2.24) is 9.88 Å². The third kappa shape index (κ3) is 3.30. The Bertz CT molecular complexity index is 583. The van der Waals surface area contributed by atoms with Gasteiger partial charge in [0.25, 0.3) is 0 Å². The van der Waals surface area contributed by atoms with Gasteiger partial charge in [-0.3, -0.25) is 4.90 Å². The molecule has 1 aliphatic heterocycles. The van der Waals surface area contributed by atoms with Gasteiger partial charge in [0.2, 0.25) is 0 Å². The van der Waals surface area contributed by atoms with Crippen LogP contribution >= 0.6 is 11.8 Å². The molecule has 21 heavy (non-hydrogen) atoms. The Kier molecular flexibility index (Phi) is 4.61. The summed E-state index contributed by atoms with van der Waals surface area (Å²) >= 11 is 1.78. The van der Waals surface area contributed by atoms with E-state index in [1.54, 1.807) is 11.8 Å². The summed E-state index contributed by atoms with van der Waals surface area (Å²) < 4.78 is 0. The van der Waals surface area contributed by atoms with E-state index in [2.05, 4.69) is 66.2 Å². The minimum Gasteiger partial charge on any atom is -0.294 e. The van der Waals surface area contributed by atoms with Gasteiger partial charge in [-0.25, -0.2) is 4.98 Å². The number of aromatic nitrogens is 1. The SMILES string of the molecule is CC(C)N1CCC[C@H]1c1cccnc1Sc1ccccc1. The van der Waals surface area contributed by atoms with Crippen LogP contribution in [0.25, 0.3) is 0 Å². The van der Waals surface area contributed by atoms with Crippen LogP contribution in [0.3, 0.4) is 0 Å². The van der Waals surface area contributed by atoms with E-state index < -0.39 is 0 Å². The zero-order chi connectivity index (χ0) is 14.7. The number of likely N-dealkylation sites (tertiary alicyclic amines) is 1. The van der Waals surface area contributed by atoms with E-state index in [4.69, 9.17) is 0 Å². The molecular weight excluding hydrogens is 276 g/mol. The van der Waals surface area contributed by atoms with Crippen molar-refractivity contribution in [3.05, 3.63) is 54.2 Å². The molecule has 0 N–H and O–H groups in total. The highest BCUT2D eigenvalue weighted by Crippen LogP contribution is 2.39. The molecule has 1 saturated heterocycles. The van der Waals surface area contributed by atoms with Crippen molar-refractivity contribution in [3.8, 4) is 0 Å². The van der Waals surface area contributed by atoms with Crippen molar-refractivity contribution in [1.29, 1.82) is 0 Å². The van der Waals surface area contributed by atoms with Gasteiger partial charge in [-0.2, -0.15) is 0 Å². The van der Waals surface area contributed by atoms with Gasteiger partial charge in [0.05, 0.1) is 0 Å². The van der Waals surface area contributed by atoms with Crippen molar-refractivity contribution in [3.63, 3.8) is 0 Å². The number of rotatable bonds is 4. The molecule has 1 atom stereocenters. The molecule has 0 unspecified atom stereocenters. The molecule has 0 spiro atoms. The summed E-state index contributed by atoms with van der Waals surface area (Å²) in [7, 11) is 0. The lowest BCUT2D eigenvalue weighted by Crippen LogP contribution is -2.30. The van der Waals surface area contributed by atoms with Crippen LogP contribution in [0.2, 0.25) is 0 Å². The number of pyridine rings is 1. The Morgan fingerprint density at radius 1 is 1.14 bits per heavy atom. The monoisotopic (exact) mass is 298 g/mol. The van der Waals surface area contributed by atoms with E-state index in [0.717, 1.165) is 5.03 Å². The molecule has 2 nitrogen and oxygen atoms in total. The molecule has 0 saturated carbocycles. The number of hydrogen-bond acceptors (Lipinski definition) is 3. The lowest BCUT2D eigenvalue weighted by molar-refractivity contribution is 0.203. The first-order valence-corrected chi connectivity index (χ1v) is 8.51. The molecular formula is C18H22N2S. The third-order valence-corrected chi connectivity index (χ3v) is 5.12. The predicted octanol–water partition coefficient (Wildman–Crippen LogP) is 4.78. The molecule has 1 aliphatic rings. The Labute approximate surface area is 131 Å². The van der Waals surface area contributed by atoms with Crippen LogP contribution in [0.15, 0.2) is 58.6 Å². The molecule has 1 aromatic carbocycles. The summed E-state index contributed by atoms with van der Waals surface area (Å²) in [5.41, 5.74) is 1.39. The molecule has 0 aliphatic carbocycles. The molecule has 2 heterocycles. The summed E-state index contributed by atoms with van der Waals surface area (Å²) in [6, 6.07) is 16.0. The zero-order valence-electron chi connectivity index (χ0n) is 12.7. The van der Waals surface area contributed by atoms with Gasteiger partial charge < -0.3 is 0 Å². The maximum absolute atomic E-state index is 4.65. The fraction of sp³-hybridized carbons (Fsp3) is 0.389. The Hall–Kier alpha value is -1.32. The average Bonchev–Trinajstić information content (AvgIpc) is 2.98. The molecule has 3 rings (SSSR count). The van der Waals surface area contributed by atoms with Crippen LogP contribution in [0.5, 0.6) is 0 Å².